The molecule has 4 rings (SSSR count). The molecule has 3 aromatic rings. The fourth-order valence-corrected chi connectivity index (χ4v) is 2.36. The number of nitrogens with zero attached hydrogens (tertiary/aromatic N) is 2. The Morgan fingerprint density at radius 2 is 1.90 bits per heavy atom. The average molecular weight is 282 g/mol. The lowest BCUT2D eigenvalue weighted by atomic mass is 10.2. The SMILES string of the molecule is CNc1ccc2[nH]c(-c3ccc4c(c3)OCCO4)nc2n1. The van der Waals surface area contributed by atoms with Crippen LogP contribution in [0.1, 0.15) is 0 Å². The number of aromatic nitrogens is 3. The third-order valence-corrected chi connectivity index (χ3v) is 3.42. The molecule has 0 unspecified atom stereocenters. The van der Waals surface area contributed by atoms with Gasteiger partial charge >= 0.3 is 0 Å². The van der Waals surface area contributed by atoms with Crippen molar-refractivity contribution >= 4 is 17.0 Å². The molecule has 0 amide bonds. The first-order chi connectivity index (χ1) is 10.3. The molecule has 2 N–H and O–H groups in total. The van der Waals surface area contributed by atoms with Gasteiger partial charge in [0.25, 0.3) is 0 Å². The van der Waals surface area contributed by atoms with Gasteiger partial charge in [-0.3, -0.25) is 0 Å². The van der Waals surface area contributed by atoms with E-state index in [9.17, 15) is 0 Å². The van der Waals surface area contributed by atoms with Gasteiger partial charge in [-0.2, -0.15) is 0 Å². The Kier molecular flexibility index (Phi) is 2.67. The minimum atomic E-state index is 0.573. The third kappa shape index (κ3) is 2.05. The Morgan fingerprint density at radius 1 is 1.05 bits per heavy atom. The smallest absolute Gasteiger partial charge is 0.180 e. The molecule has 0 saturated heterocycles. The van der Waals surface area contributed by atoms with Gasteiger partial charge in [-0.15, -0.1) is 0 Å². The quantitative estimate of drug-likeness (QED) is 0.755. The lowest BCUT2D eigenvalue weighted by Gasteiger charge is -2.18. The second-order valence-electron chi connectivity index (χ2n) is 4.76. The molecule has 0 fully saturated rings. The second kappa shape index (κ2) is 4.66. The molecule has 0 radical (unpaired) electrons. The standard InChI is InChI=1S/C15H14N4O2/c1-16-13-5-3-10-15(18-13)19-14(17-10)9-2-4-11-12(8-9)21-7-6-20-11/h2-5,8H,6-7H2,1H3,(H2,16,17,18,19). The van der Waals surface area contributed by atoms with Crippen LogP contribution in [0, 0.1) is 0 Å². The second-order valence-corrected chi connectivity index (χ2v) is 4.76. The molecule has 1 aliphatic heterocycles. The van der Waals surface area contributed by atoms with E-state index in [1.165, 1.54) is 0 Å². The largest absolute Gasteiger partial charge is 0.486 e. The van der Waals surface area contributed by atoms with Crippen molar-refractivity contribution in [1.29, 1.82) is 0 Å². The molecule has 0 spiro atoms. The van der Waals surface area contributed by atoms with Gasteiger partial charge in [-0.25, -0.2) is 9.97 Å². The summed E-state index contributed by atoms with van der Waals surface area (Å²) < 4.78 is 11.1. The highest BCUT2D eigenvalue weighted by molar-refractivity contribution is 5.78. The summed E-state index contributed by atoms with van der Waals surface area (Å²) in [5.74, 6) is 3.09. The van der Waals surface area contributed by atoms with Gasteiger partial charge in [0, 0.05) is 12.6 Å². The van der Waals surface area contributed by atoms with E-state index in [0.29, 0.717) is 18.9 Å². The minimum absolute atomic E-state index is 0.573. The van der Waals surface area contributed by atoms with E-state index in [4.69, 9.17) is 9.47 Å². The van der Waals surface area contributed by atoms with E-state index in [1.54, 1.807) is 0 Å². The Balaban J connectivity index is 1.78. The zero-order chi connectivity index (χ0) is 14.2. The highest BCUT2D eigenvalue weighted by atomic mass is 16.6. The number of nitrogens with one attached hydrogen (secondary N) is 2. The van der Waals surface area contributed by atoms with Crippen molar-refractivity contribution in [2.45, 2.75) is 0 Å². The van der Waals surface area contributed by atoms with Crippen LogP contribution in [0.15, 0.2) is 30.3 Å². The molecule has 6 nitrogen and oxygen atoms in total. The summed E-state index contributed by atoms with van der Waals surface area (Å²) in [7, 11) is 1.84. The predicted octanol–water partition coefficient (Wildman–Crippen LogP) is 2.44. The van der Waals surface area contributed by atoms with Crippen molar-refractivity contribution in [3.05, 3.63) is 30.3 Å². The van der Waals surface area contributed by atoms with E-state index in [2.05, 4.69) is 20.3 Å². The molecular weight excluding hydrogens is 268 g/mol. The summed E-state index contributed by atoms with van der Waals surface area (Å²) in [5.41, 5.74) is 2.54. The first kappa shape index (κ1) is 12.0. The number of hydrogen-bond acceptors (Lipinski definition) is 5. The summed E-state index contributed by atoms with van der Waals surface area (Å²) in [6.45, 7) is 1.16. The maximum absolute atomic E-state index is 5.60. The number of rotatable bonds is 2. The highest BCUT2D eigenvalue weighted by Crippen LogP contribution is 2.34. The molecule has 1 aliphatic rings. The normalized spacial score (nSPS) is 13.4. The summed E-state index contributed by atoms with van der Waals surface area (Å²) in [6, 6.07) is 9.68. The number of fused-ring (bicyclic) bond motifs is 2. The number of benzene rings is 1. The van der Waals surface area contributed by atoms with Gasteiger partial charge in [-0.05, 0) is 30.3 Å². The number of pyridine rings is 1. The molecule has 2 aromatic heterocycles. The van der Waals surface area contributed by atoms with E-state index in [1.807, 2.05) is 37.4 Å². The first-order valence-corrected chi connectivity index (χ1v) is 6.78. The van der Waals surface area contributed by atoms with E-state index >= 15 is 0 Å². The topological polar surface area (TPSA) is 72.1 Å². The fraction of sp³-hybridized carbons (Fsp3) is 0.200. The Bertz CT molecular complexity index is 813. The molecule has 106 valence electrons. The van der Waals surface area contributed by atoms with Crippen LogP contribution in [0.5, 0.6) is 11.5 Å². The van der Waals surface area contributed by atoms with E-state index in [-0.39, 0.29) is 0 Å². The number of aromatic amines is 1. The van der Waals surface area contributed by atoms with Crippen LogP contribution >= 0.6 is 0 Å². The van der Waals surface area contributed by atoms with Crippen LogP contribution in [0.3, 0.4) is 0 Å². The Hall–Kier alpha value is -2.76. The van der Waals surface area contributed by atoms with Gasteiger partial charge in [-0.1, -0.05) is 0 Å². The molecule has 0 aliphatic carbocycles. The maximum Gasteiger partial charge on any atom is 0.180 e. The molecule has 1 aromatic carbocycles. The molecule has 3 heterocycles. The molecule has 21 heavy (non-hydrogen) atoms. The van der Waals surface area contributed by atoms with Crippen molar-refractivity contribution < 1.29 is 9.47 Å². The monoisotopic (exact) mass is 282 g/mol. The summed E-state index contributed by atoms with van der Waals surface area (Å²) in [5, 5.41) is 3.01. The zero-order valence-corrected chi connectivity index (χ0v) is 11.5. The number of anilines is 1. The number of hydrogen-bond donors (Lipinski definition) is 2. The molecule has 0 saturated carbocycles. The van der Waals surface area contributed by atoms with Crippen molar-refractivity contribution in [3.8, 4) is 22.9 Å². The van der Waals surface area contributed by atoms with Crippen LogP contribution in [0.25, 0.3) is 22.6 Å². The van der Waals surface area contributed by atoms with Crippen LogP contribution < -0.4 is 14.8 Å². The van der Waals surface area contributed by atoms with Crippen molar-refractivity contribution in [2.24, 2.45) is 0 Å². The molecule has 0 atom stereocenters. The van der Waals surface area contributed by atoms with Crippen molar-refractivity contribution in [3.63, 3.8) is 0 Å². The van der Waals surface area contributed by atoms with Crippen molar-refractivity contribution in [1.82, 2.24) is 15.0 Å². The molecule has 6 heteroatoms. The van der Waals surface area contributed by atoms with Gasteiger partial charge in [0.15, 0.2) is 17.1 Å². The molecular formula is C15H14N4O2. The van der Waals surface area contributed by atoms with Gasteiger partial charge in [0.2, 0.25) is 0 Å². The first-order valence-electron chi connectivity index (χ1n) is 6.78. The Labute approximate surface area is 121 Å². The summed E-state index contributed by atoms with van der Waals surface area (Å²) in [4.78, 5) is 12.2. The number of H-pyrrole nitrogens is 1. The van der Waals surface area contributed by atoms with Crippen LogP contribution in [0.4, 0.5) is 5.82 Å². The molecule has 0 bridgehead atoms. The summed E-state index contributed by atoms with van der Waals surface area (Å²) >= 11 is 0. The summed E-state index contributed by atoms with van der Waals surface area (Å²) in [6.07, 6.45) is 0. The van der Waals surface area contributed by atoms with Gasteiger partial charge in [0.05, 0.1) is 5.52 Å². The highest BCUT2D eigenvalue weighted by Gasteiger charge is 2.14. The van der Waals surface area contributed by atoms with E-state index < -0.39 is 0 Å². The zero-order valence-electron chi connectivity index (χ0n) is 11.5. The Morgan fingerprint density at radius 3 is 2.76 bits per heavy atom. The predicted molar refractivity (Wildman–Crippen MR) is 79.9 cm³/mol. The van der Waals surface area contributed by atoms with Crippen LogP contribution in [-0.2, 0) is 0 Å². The van der Waals surface area contributed by atoms with Crippen LogP contribution in [0.2, 0.25) is 0 Å². The van der Waals surface area contributed by atoms with E-state index in [0.717, 1.165) is 34.2 Å². The lowest BCUT2D eigenvalue weighted by molar-refractivity contribution is 0.171. The maximum atomic E-state index is 5.60. The van der Waals surface area contributed by atoms with Gasteiger partial charge in [0.1, 0.15) is 24.9 Å². The average Bonchev–Trinajstić information content (AvgIpc) is 2.97. The number of imidazole rings is 1. The number of ether oxygens (including phenoxy) is 2. The fourth-order valence-electron chi connectivity index (χ4n) is 2.36. The van der Waals surface area contributed by atoms with Crippen LogP contribution in [-0.4, -0.2) is 35.2 Å². The van der Waals surface area contributed by atoms with Crippen molar-refractivity contribution in [2.75, 3.05) is 25.6 Å². The minimum Gasteiger partial charge on any atom is -0.486 e. The third-order valence-electron chi connectivity index (χ3n) is 3.42. The lowest BCUT2D eigenvalue weighted by Crippen LogP contribution is -2.15. The van der Waals surface area contributed by atoms with Gasteiger partial charge < -0.3 is 19.8 Å².